The number of aliphatic imine (C=N–C) groups is 1. The molecular weight excluding hydrogens is 485 g/mol. The second-order valence-electron chi connectivity index (χ2n) is 5.92. The molecule has 2 aromatic rings. The van der Waals surface area contributed by atoms with Crippen molar-refractivity contribution in [3.05, 3.63) is 42.1 Å². The zero-order chi connectivity index (χ0) is 20.4. The maximum atomic E-state index is 12.1. The summed E-state index contributed by atoms with van der Waals surface area (Å²) >= 11 is 0. The van der Waals surface area contributed by atoms with Crippen molar-refractivity contribution in [2.24, 2.45) is 4.99 Å². The lowest BCUT2D eigenvalue weighted by atomic mass is 10.2. The summed E-state index contributed by atoms with van der Waals surface area (Å²) in [5.74, 6) is 2.26. The lowest BCUT2D eigenvalue weighted by Gasteiger charge is -2.13. The van der Waals surface area contributed by atoms with Crippen LogP contribution in [0.4, 0.5) is 11.5 Å². The number of guanidine groups is 1. The van der Waals surface area contributed by atoms with Gasteiger partial charge in [-0.2, -0.15) is 0 Å². The van der Waals surface area contributed by atoms with E-state index in [4.69, 9.17) is 9.47 Å². The first-order valence-corrected chi connectivity index (χ1v) is 9.06. The van der Waals surface area contributed by atoms with Crippen molar-refractivity contribution in [1.29, 1.82) is 0 Å². The highest BCUT2D eigenvalue weighted by molar-refractivity contribution is 14.0. The summed E-state index contributed by atoms with van der Waals surface area (Å²) in [5, 5.41) is 9.12. The van der Waals surface area contributed by atoms with Crippen molar-refractivity contribution in [2.45, 2.75) is 20.3 Å². The van der Waals surface area contributed by atoms with Crippen LogP contribution in [0, 0.1) is 6.92 Å². The maximum absolute atomic E-state index is 12.1. The third-order valence-electron chi connectivity index (χ3n) is 3.76. The summed E-state index contributed by atoms with van der Waals surface area (Å²) < 4.78 is 10.6. The fraction of sp³-hybridized carbons (Fsp3) is 0.350. The van der Waals surface area contributed by atoms with Gasteiger partial charge < -0.3 is 25.4 Å². The van der Waals surface area contributed by atoms with Gasteiger partial charge in [0, 0.05) is 30.4 Å². The minimum atomic E-state index is -0.135. The van der Waals surface area contributed by atoms with Gasteiger partial charge in [0.2, 0.25) is 5.91 Å². The number of carbonyl (C=O) groups excluding carboxylic acids is 1. The summed E-state index contributed by atoms with van der Waals surface area (Å²) in [6.45, 7) is 4.88. The second kappa shape index (κ2) is 12.8. The molecule has 0 atom stereocenters. The van der Waals surface area contributed by atoms with E-state index in [1.54, 1.807) is 20.3 Å². The maximum Gasteiger partial charge on any atom is 0.227 e. The number of nitrogens with one attached hydrogen (secondary N) is 3. The topological polar surface area (TPSA) is 96.9 Å². The van der Waals surface area contributed by atoms with E-state index in [1.807, 2.05) is 44.2 Å². The molecule has 0 radical (unpaired) electrons. The molecule has 0 fully saturated rings. The largest absolute Gasteiger partial charge is 0.493 e. The Morgan fingerprint density at radius 2 is 1.86 bits per heavy atom. The molecule has 8 nitrogen and oxygen atoms in total. The molecule has 0 spiro atoms. The summed E-state index contributed by atoms with van der Waals surface area (Å²) in [6, 6.07) is 11.0. The molecule has 1 aromatic heterocycles. The smallest absolute Gasteiger partial charge is 0.227 e. The fourth-order valence-corrected chi connectivity index (χ4v) is 2.45. The van der Waals surface area contributed by atoms with Crippen molar-refractivity contribution in [1.82, 2.24) is 10.3 Å². The molecule has 158 valence electrons. The minimum Gasteiger partial charge on any atom is -0.493 e. The predicted molar refractivity (Wildman–Crippen MR) is 127 cm³/mol. The number of rotatable bonds is 8. The average Bonchev–Trinajstić information content (AvgIpc) is 2.68. The minimum absolute atomic E-state index is 0. The van der Waals surface area contributed by atoms with Crippen molar-refractivity contribution in [2.75, 3.05) is 37.9 Å². The highest BCUT2D eigenvalue weighted by atomic mass is 127. The molecule has 1 heterocycles. The first kappa shape index (κ1) is 24.5. The number of aryl methyl sites for hydroxylation is 1. The molecule has 9 heteroatoms. The molecule has 1 aromatic carbocycles. The van der Waals surface area contributed by atoms with E-state index in [1.165, 1.54) is 0 Å². The summed E-state index contributed by atoms with van der Waals surface area (Å²) in [4.78, 5) is 20.8. The molecule has 0 saturated heterocycles. The van der Waals surface area contributed by atoms with Crippen LogP contribution in [0.1, 0.15) is 19.0 Å². The molecule has 0 aliphatic heterocycles. The standard InChI is InChI=1S/C20H27N5O3.HI/c1-5-21-20(24-15-9-10-16(27-3)17(13-15)28-4)22-12-11-19(26)25-18-8-6-7-14(2)23-18;/h6-10,13H,5,11-12H2,1-4H3,(H2,21,22,24)(H,23,25,26);1H. The van der Waals surface area contributed by atoms with Crippen molar-refractivity contribution < 1.29 is 14.3 Å². The molecular formula is C20H28IN5O3. The summed E-state index contributed by atoms with van der Waals surface area (Å²) in [5.41, 5.74) is 1.65. The third-order valence-corrected chi connectivity index (χ3v) is 3.76. The number of carbonyl (C=O) groups is 1. The van der Waals surface area contributed by atoms with Crippen molar-refractivity contribution >= 4 is 47.3 Å². The molecule has 29 heavy (non-hydrogen) atoms. The van der Waals surface area contributed by atoms with Crippen LogP contribution in [0.5, 0.6) is 11.5 Å². The number of amides is 1. The molecule has 2 rings (SSSR count). The highest BCUT2D eigenvalue weighted by Gasteiger charge is 2.07. The van der Waals surface area contributed by atoms with E-state index in [0.29, 0.717) is 36.4 Å². The van der Waals surface area contributed by atoms with E-state index < -0.39 is 0 Å². The quantitative estimate of drug-likeness (QED) is 0.285. The van der Waals surface area contributed by atoms with Crippen LogP contribution in [0.15, 0.2) is 41.4 Å². The third kappa shape index (κ3) is 8.14. The molecule has 0 saturated carbocycles. The van der Waals surface area contributed by atoms with Crippen molar-refractivity contribution in [3.63, 3.8) is 0 Å². The van der Waals surface area contributed by atoms with Gasteiger partial charge in [0.25, 0.3) is 0 Å². The van der Waals surface area contributed by atoms with Gasteiger partial charge in [-0.3, -0.25) is 9.79 Å². The van der Waals surface area contributed by atoms with Crippen molar-refractivity contribution in [3.8, 4) is 11.5 Å². The Morgan fingerprint density at radius 3 is 2.52 bits per heavy atom. The first-order chi connectivity index (χ1) is 13.5. The van der Waals surface area contributed by atoms with E-state index in [9.17, 15) is 4.79 Å². The van der Waals surface area contributed by atoms with E-state index in [2.05, 4.69) is 25.9 Å². The predicted octanol–water partition coefficient (Wildman–Crippen LogP) is 3.43. The van der Waals surface area contributed by atoms with E-state index in [-0.39, 0.29) is 36.3 Å². The molecule has 0 aliphatic carbocycles. The monoisotopic (exact) mass is 513 g/mol. The Kier molecular flexibility index (Phi) is 10.8. The second-order valence-corrected chi connectivity index (χ2v) is 5.92. The number of ether oxygens (including phenoxy) is 2. The fourth-order valence-electron chi connectivity index (χ4n) is 2.45. The number of benzene rings is 1. The SMILES string of the molecule is CCNC(=NCCC(=O)Nc1cccc(C)n1)Nc1ccc(OC)c(OC)c1.I. The number of aromatic nitrogens is 1. The zero-order valence-corrected chi connectivity index (χ0v) is 19.4. The number of anilines is 2. The number of hydrogen-bond donors (Lipinski definition) is 3. The Balaban J connectivity index is 0.00000420. The molecule has 0 unspecified atom stereocenters. The Labute approximate surface area is 188 Å². The number of methoxy groups -OCH3 is 2. The van der Waals surface area contributed by atoms with Gasteiger partial charge in [-0.25, -0.2) is 4.98 Å². The molecule has 3 N–H and O–H groups in total. The van der Waals surface area contributed by atoms with Crippen LogP contribution in [0.25, 0.3) is 0 Å². The normalized spacial score (nSPS) is 10.6. The first-order valence-electron chi connectivity index (χ1n) is 9.06. The van der Waals surface area contributed by atoms with Crippen LogP contribution in [0.3, 0.4) is 0 Å². The highest BCUT2D eigenvalue weighted by Crippen LogP contribution is 2.29. The molecule has 0 aliphatic rings. The van der Waals surface area contributed by atoms with Crippen LogP contribution in [-0.4, -0.2) is 44.2 Å². The summed E-state index contributed by atoms with van der Waals surface area (Å²) in [7, 11) is 3.18. The van der Waals surface area contributed by atoms with Gasteiger partial charge in [-0.1, -0.05) is 6.07 Å². The van der Waals surface area contributed by atoms with Gasteiger partial charge >= 0.3 is 0 Å². The summed E-state index contributed by atoms with van der Waals surface area (Å²) in [6.07, 6.45) is 0.248. The number of nitrogens with zero attached hydrogens (tertiary/aromatic N) is 2. The Morgan fingerprint density at radius 1 is 1.10 bits per heavy atom. The van der Waals surface area contributed by atoms with Crippen LogP contribution in [-0.2, 0) is 4.79 Å². The van der Waals surface area contributed by atoms with Gasteiger partial charge in [-0.05, 0) is 38.1 Å². The average molecular weight is 513 g/mol. The molecule has 1 amide bonds. The van der Waals surface area contributed by atoms with E-state index >= 15 is 0 Å². The Bertz CT molecular complexity index is 830. The zero-order valence-electron chi connectivity index (χ0n) is 17.1. The van der Waals surface area contributed by atoms with Crippen LogP contribution >= 0.6 is 24.0 Å². The lowest BCUT2D eigenvalue weighted by molar-refractivity contribution is -0.116. The Hall–Kier alpha value is -2.56. The molecule has 0 bridgehead atoms. The van der Waals surface area contributed by atoms with Crippen LogP contribution < -0.4 is 25.4 Å². The van der Waals surface area contributed by atoms with Gasteiger partial charge in [0.1, 0.15) is 5.82 Å². The number of hydrogen-bond acceptors (Lipinski definition) is 5. The number of pyridine rings is 1. The van der Waals surface area contributed by atoms with Gasteiger partial charge in [0.05, 0.1) is 20.8 Å². The lowest BCUT2D eigenvalue weighted by Crippen LogP contribution is -2.31. The van der Waals surface area contributed by atoms with Gasteiger partial charge in [0.15, 0.2) is 17.5 Å². The number of halogens is 1. The van der Waals surface area contributed by atoms with E-state index in [0.717, 1.165) is 11.4 Å². The van der Waals surface area contributed by atoms with Crippen LogP contribution in [0.2, 0.25) is 0 Å². The van der Waals surface area contributed by atoms with Gasteiger partial charge in [-0.15, -0.1) is 24.0 Å².